The fraction of sp³-hybridized carbons (Fsp3) is 0.333. The molecule has 0 aromatic heterocycles. The average Bonchev–Trinajstić information content (AvgIpc) is 2.02. The van der Waals surface area contributed by atoms with Gasteiger partial charge in [0.2, 0.25) is 0 Å². The summed E-state index contributed by atoms with van der Waals surface area (Å²) < 4.78 is 10.5. The van der Waals surface area contributed by atoms with Gasteiger partial charge in [0.25, 0.3) is 0 Å². The lowest BCUT2D eigenvalue weighted by Gasteiger charge is -2.29. The minimum absolute atomic E-state index is 0.416. The Bertz CT molecular complexity index is 342. The van der Waals surface area contributed by atoms with E-state index in [9.17, 15) is 14.4 Å². The van der Waals surface area contributed by atoms with Crippen molar-refractivity contribution >= 4 is 13.3 Å². The first kappa shape index (κ1) is 11.2. The molecule has 78 valence electrons. The van der Waals surface area contributed by atoms with Crippen LogP contribution < -0.4 is 14.7 Å². The van der Waals surface area contributed by atoms with Gasteiger partial charge in [0, 0.05) is 25.9 Å². The molecule has 0 fully saturated rings. The molecule has 0 N–H and O–H groups in total. The van der Waals surface area contributed by atoms with Gasteiger partial charge in [-0.1, -0.05) is 19.7 Å². The van der Waals surface area contributed by atoms with Crippen LogP contribution in [0.2, 0.25) is 0 Å². The molecular weight excluding hydrogens is 201 g/mol. The number of benzene rings is 1. The van der Waals surface area contributed by atoms with Gasteiger partial charge in [0.05, 0.1) is 0 Å². The third kappa shape index (κ3) is 3.50. The van der Waals surface area contributed by atoms with Gasteiger partial charge in [-0.05, 0) is 17.7 Å². The number of anilines is 1. The zero-order valence-corrected chi connectivity index (χ0v) is 9.03. The van der Waals surface area contributed by atoms with Gasteiger partial charge in [-0.2, -0.15) is 0 Å². The average molecular weight is 213 g/mol. The summed E-state index contributed by atoms with van der Waals surface area (Å²) in [4.78, 5) is 22.9. The van der Waals surface area contributed by atoms with E-state index in [-0.39, 0.29) is 0 Å². The van der Waals surface area contributed by atoms with Crippen molar-refractivity contribution in [3.8, 4) is 0 Å². The van der Waals surface area contributed by atoms with E-state index in [1.807, 2.05) is 19.0 Å². The van der Waals surface area contributed by atoms with Crippen LogP contribution in [0.25, 0.3) is 0 Å². The lowest BCUT2D eigenvalue weighted by Crippen LogP contribution is -2.15. The van der Waals surface area contributed by atoms with E-state index in [0.29, 0.717) is 5.56 Å². The number of hydrogen-bond acceptors (Lipinski definition) is 4. The molecule has 0 heterocycles. The summed E-state index contributed by atoms with van der Waals surface area (Å²) in [6.07, 6.45) is -0.416. The van der Waals surface area contributed by atoms with E-state index in [1.54, 1.807) is 24.3 Å². The summed E-state index contributed by atoms with van der Waals surface area (Å²) in [6, 6.07) is 6.87. The second-order valence-corrected chi connectivity index (χ2v) is 4.87. The Morgan fingerprint density at radius 2 is 1.71 bits per heavy atom. The number of rotatable bonds is 3. The van der Waals surface area contributed by atoms with Crippen molar-refractivity contribution in [3.63, 3.8) is 0 Å². The van der Waals surface area contributed by atoms with Crippen molar-refractivity contribution in [3.05, 3.63) is 29.8 Å². The standard InChI is InChI=1S/C9H14NO3P/c1-10(2)9-5-3-8(4-6-9)7-14(11,12)13/h3-6H,7H2,1-2H3,(H2,11,12,13)/p-2. The molecule has 0 radical (unpaired) electrons. The molecule has 0 bridgehead atoms. The maximum atomic E-state index is 10.5. The molecule has 14 heavy (non-hydrogen) atoms. The van der Waals surface area contributed by atoms with Crippen molar-refractivity contribution < 1.29 is 14.4 Å². The van der Waals surface area contributed by atoms with Gasteiger partial charge in [-0.15, -0.1) is 0 Å². The molecule has 5 heteroatoms. The van der Waals surface area contributed by atoms with Crippen molar-refractivity contribution in [2.24, 2.45) is 0 Å². The molecule has 0 atom stereocenters. The molecule has 0 aliphatic rings. The SMILES string of the molecule is CN(C)c1ccc(CP(=O)([O-])[O-])cc1. The minimum Gasteiger partial charge on any atom is -0.810 e. The van der Waals surface area contributed by atoms with Gasteiger partial charge in [-0.3, -0.25) is 0 Å². The van der Waals surface area contributed by atoms with Crippen LogP contribution >= 0.6 is 7.60 Å². The molecule has 0 saturated carbocycles. The Balaban J connectivity index is 2.79. The fourth-order valence-electron chi connectivity index (χ4n) is 1.12. The molecule has 4 nitrogen and oxygen atoms in total. The number of nitrogens with zero attached hydrogens (tertiary/aromatic N) is 1. The predicted octanol–water partition coefficient (Wildman–Crippen LogP) is 0.166. The molecule has 0 saturated heterocycles. The molecule has 1 aromatic rings. The summed E-state index contributed by atoms with van der Waals surface area (Å²) in [5.74, 6) is 0. The van der Waals surface area contributed by atoms with Gasteiger partial charge in [-0.25, -0.2) is 0 Å². The lowest BCUT2D eigenvalue weighted by atomic mass is 10.2. The summed E-state index contributed by atoms with van der Waals surface area (Å²) in [6.45, 7) is 0. The van der Waals surface area contributed by atoms with E-state index in [4.69, 9.17) is 0 Å². The lowest BCUT2D eigenvalue weighted by molar-refractivity contribution is -0.314. The van der Waals surface area contributed by atoms with E-state index in [2.05, 4.69) is 0 Å². The van der Waals surface area contributed by atoms with Crippen LogP contribution in [0.3, 0.4) is 0 Å². The molecule has 1 aromatic carbocycles. The summed E-state index contributed by atoms with van der Waals surface area (Å²) in [7, 11) is -0.660. The van der Waals surface area contributed by atoms with E-state index < -0.39 is 13.8 Å². The zero-order valence-electron chi connectivity index (χ0n) is 8.14. The first-order valence-corrected chi connectivity index (χ1v) is 5.88. The summed E-state index contributed by atoms with van der Waals surface area (Å²) in [5.41, 5.74) is 1.50. The smallest absolute Gasteiger partial charge is 0.0361 e. The van der Waals surface area contributed by atoms with Crippen LogP contribution in [0, 0.1) is 0 Å². The maximum absolute atomic E-state index is 10.5. The van der Waals surface area contributed by atoms with Crippen molar-refractivity contribution in [1.82, 2.24) is 0 Å². The van der Waals surface area contributed by atoms with Crippen LogP contribution in [-0.4, -0.2) is 14.1 Å². The van der Waals surface area contributed by atoms with Crippen LogP contribution in [0.5, 0.6) is 0 Å². The Morgan fingerprint density at radius 3 is 2.07 bits per heavy atom. The molecule has 0 spiro atoms. The van der Waals surface area contributed by atoms with Crippen LogP contribution in [0.15, 0.2) is 24.3 Å². The Labute approximate surface area is 83.3 Å². The van der Waals surface area contributed by atoms with E-state index in [1.165, 1.54) is 0 Å². The second kappa shape index (κ2) is 4.13. The highest BCUT2D eigenvalue weighted by atomic mass is 31.2. The Kier molecular flexibility index (Phi) is 3.32. The summed E-state index contributed by atoms with van der Waals surface area (Å²) in [5, 5.41) is 0. The highest BCUT2D eigenvalue weighted by molar-refractivity contribution is 7.47. The molecule has 0 amide bonds. The quantitative estimate of drug-likeness (QED) is 0.671. The highest BCUT2D eigenvalue weighted by Crippen LogP contribution is 2.29. The van der Waals surface area contributed by atoms with Crippen molar-refractivity contribution in [2.75, 3.05) is 19.0 Å². The zero-order chi connectivity index (χ0) is 10.8. The van der Waals surface area contributed by atoms with Crippen LogP contribution in [-0.2, 0) is 10.7 Å². The molecule has 0 aliphatic carbocycles. The molecule has 0 unspecified atom stereocenters. The summed E-state index contributed by atoms with van der Waals surface area (Å²) >= 11 is 0. The topological polar surface area (TPSA) is 66.4 Å². The Hall–Kier alpha value is -0.830. The fourth-order valence-corrected chi connectivity index (χ4v) is 1.78. The monoisotopic (exact) mass is 213 g/mol. The van der Waals surface area contributed by atoms with Gasteiger partial charge in [0.1, 0.15) is 0 Å². The number of hydrogen-bond donors (Lipinski definition) is 0. The third-order valence-electron chi connectivity index (χ3n) is 1.83. The largest absolute Gasteiger partial charge is 0.810 e. The van der Waals surface area contributed by atoms with Gasteiger partial charge < -0.3 is 19.3 Å². The molecule has 0 aliphatic heterocycles. The van der Waals surface area contributed by atoms with Crippen LogP contribution in [0.1, 0.15) is 5.56 Å². The maximum Gasteiger partial charge on any atom is 0.0361 e. The van der Waals surface area contributed by atoms with Crippen molar-refractivity contribution in [1.29, 1.82) is 0 Å². The predicted molar refractivity (Wildman–Crippen MR) is 52.1 cm³/mol. The second-order valence-electron chi connectivity index (χ2n) is 3.33. The highest BCUT2D eigenvalue weighted by Gasteiger charge is 1.98. The normalized spacial score (nSPS) is 11.4. The van der Waals surface area contributed by atoms with Gasteiger partial charge in [0.15, 0.2) is 0 Å². The third-order valence-corrected chi connectivity index (χ3v) is 2.58. The first-order valence-electron chi connectivity index (χ1n) is 4.16. The van der Waals surface area contributed by atoms with Crippen LogP contribution in [0.4, 0.5) is 5.69 Å². The minimum atomic E-state index is -4.44. The molecular formula is C9H12NO3P-2. The van der Waals surface area contributed by atoms with E-state index in [0.717, 1.165) is 5.69 Å². The molecule has 1 rings (SSSR count). The van der Waals surface area contributed by atoms with E-state index >= 15 is 0 Å². The Morgan fingerprint density at radius 1 is 1.21 bits per heavy atom. The first-order chi connectivity index (χ1) is 6.38. The van der Waals surface area contributed by atoms with Crippen molar-refractivity contribution in [2.45, 2.75) is 6.16 Å². The van der Waals surface area contributed by atoms with Gasteiger partial charge >= 0.3 is 0 Å².